The molecular formula is C25H23BBrNO4S. The number of benzene rings is 3. The molecule has 2 unspecified atom stereocenters. The van der Waals surface area contributed by atoms with Gasteiger partial charge in [0.15, 0.2) is 0 Å². The molecule has 3 aromatic carbocycles. The number of halogens is 1. The molecule has 5 nitrogen and oxygen atoms in total. The highest BCUT2D eigenvalue weighted by molar-refractivity contribution is 9.10. The van der Waals surface area contributed by atoms with Crippen molar-refractivity contribution in [1.29, 1.82) is 0 Å². The van der Waals surface area contributed by atoms with Crippen LogP contribution in [0.25, 0.3) is 0 Å². The molecule has 1 heterocycles. The number of rotatable bonds is 5. The second-order valence-corrected chi connectivity index (χ2v) is 11.0. The monoisotopic (exact) mass is 523 g/mol. The van der Waals surface area contributed by atoms with Crippen molar-refractivity contribution in [2.45, 2.75) is 30.3 Å². The SMILES string of the molecule is Bc1cccc(C2CC=C(C(=O)O)C(c3cccc(Br)c3)N2S(=O)(=O)c2ccc(C)cc2)c1. The lowest BCUT2D eigenvalue weighted by Gasteiger charge is -2.40. The van der Waals surface area contributed by atoms with Gasteiger partial charge in [-0.15, -0.1) is 0 Å². The van der Waals surface area contributed by atoms with Crippen molar-refractivity contribution in [3.63, 3.8) is 0 Å². The molecule has 0 aromatic heterocycles. The zero-order valence-corrected chi connectivity index (χ0v) is 20.7. The highest BCUT2D eigenvalue weighted by Crippen LogP contribution is 2.45. The van der Waals surface area contributed by atoms with Crippen molar-refractivity contribution >= 4 is 45.2 Å². The van der Waals surface area contributed by atoms with E-state index in [1.54, 1.807) is 48.5 Å². The van der Waals surface area contributed by atoms with Gasteiger partial charge in [0, 0.05) is 4.47 Å². The summed E-state index contributed by atoms with van der Waals surface area (Å²) >= 11 is 3.44. The molecule has 1 aliphatic rings. The molecule has 168 valence electrons. The summed E-state index contributed by atoms with van der Waals surface area (Å²) in [6.07, 6.45) is 1.92. The molecule has 0 aliphatic carbocycles. The number of hydrogen-bond donors (Lipinski definition) is 1. The Bertz CT molecular complexity index is 1340. The number of sulfonamides is 1. The van der Waals surface area contributed by atoms with Crippen molar-refractivity contribution < 1.29 is 18.3 Å². The average molecular weight is 524 g/mol. The summed E-state index contributed by atoms with van der Waals surface area (Å²) in [5.41, 5.74) is 3.41. The maximum Gasteiger partial charge on any atom is 0.333 e. The van der Waals surface area contributed by atoms with E-state index in [-0.39, 0.29) is 16.9 Å². The van der Waals surface area contributed by atoms with Gasteiger partial charge in [-0.1, -0.05) is 81.6 Å². The third-order valence-electron chi connectivity index (χ3n) is 5.85. The summed E-state index contributed by atoms with van der Waals surface area (Å²) in [5, 5.41) is 10.0. The lowest BCUT2D eigenvalue weighted by molar-refractivity contribution is -0.133. The summed E-state index contributed by atoms with van der Waals surface area (Å²) in [5.74, 6) is -1.13. The molecule has 0 fully saturated rings. The molecule has 4 rings (SSSR count). The van der Waals surface area contributed by atoms with Crippen molar-refractivity contribution in [2.24, 2.45) is 0 Å². The van der Waals surface area contributed by atoms with Crippen LogP contribution in [0.15, 0.2) is 93.8 Å². The van der Waals surface area contributed by atoms with E-state index in [1.165, 1.54) is 4.31 Å². The van der Waals surface area contributed by atoms with E-state index in [0.29, 0.717) is 5.56 Å². The van der Waals surface area contributed by atoms with E-state index in [4.69, 9.17) is 0 Å². The van der Waals surface area contributed by atoms with Crippen molar-refractivity contribution in [1.82, 2.24) is 4.31 Å². The first-order valence-corrected chi connectivity index (χ1v) is 12.8. The largest absolute Gasteiger partial charge is 0.478 e. The highest BCUT2D eigenvalue weighted by atomic mass is 79.9. The second kappa shape index (κ2) is 9.29. The summed E-state index contributed by atoms with van der Waals surface area (Å²) < 4.78 is 30.3. The van der Waals surface area contributed by atoms with E-state index in [1.807, 2.05) is 45.1 Å². The Morgan fingerprint density at radius 1 is 1.03 bits per heavy atom. The minimum atomic E-state index is -4.05. The van der Waals surface area contributed by atoms with Crippen LogP contribution in [0.5, 0.6) is 0 Å². The van der Waals surface area contributed by atoms with Crippen LogP contribution in [0, 0.1) is 6.92 Å². The van der Waals surface area contributed by atoms with Crippen LogP contribution < -0.4 is 5.46 Å². The van der Waals surface area contributed by atoms with Crippen LogP contribution in [0.3, 0.4) is 0 Å². The molecule has 1 aliphatic heterocycles. The molecule has 2 atom stereocenters. The first kappa shape index (κ1) is 23.5. The Kier molecular flexibility index (Phi) is 6.61. The van der Waals surface area contributed by atoms with Crippen LogP contribution in [-0.4, -0.2) is 31.6 Å². The Labute approximate surface area is 203 Å². The van der Waals surface area contributed by atoms with E-state index in [2.05, 4.69) is 15.9 Å². The molecule has 0 saturated carbocycles. The molecule has 0 bridgehead atoms. The molecule has 0 spiro atoms. The first-order valence-electron chi connectivity index (χ1n) is 10.5. The minimum Gasteiger partial charge on any atom is -0.478 e. The van der Waals surface area contributed by atoms with Gasteiger partial charge in [-0.25, -0.2) is 13.2 Å². The predicted molar refractivity (Wildman–Crippen MR) is 135 cm³/mol. The third-order valence-corrected chi connectivity index (χ3v) is 8.23. The van der Waals surface area contributed by atoms with Crippen molar-refractivity contribution in [3.05, 3.63) is 106 Å². The van der Waals surface area contributed by atoms with Crippen molar-refractivity contribution in [2.75, 3.05) is 0 Å². The molecule has 1 N–H and O–H groups in total. The van der Waals surface area contributed by atoms with Gasteiger partial charge in [-0.2, -0.15) is 4.31 Å². The highest BCUT2D eigenvalue weighted by Gasteiger charge is 2.44. The third kappa shape index (κ3) is 4.69. The molecule has 8 heteroatoms. The van der Waals surface area contributed by atoms with E-state index in [0.717, 1.165) is 21.1 Å². The lowest BCUT2D eigenvalue weighted by atomic mass is 9.87. The zero-order valence-electron chi connectivity index (χ0n) is 18.3. The number of carboxylic acids is 1. The molecule has 33 heavy (non-hydrogen) atoms. The molecule has 3 aromatic rings. The van der Waals surface area contributed by atoms with Gasteiger partial charge in [-0.3, -0.25) is 0 Å². The van der Waals surface area contributed by atoms with Gasteiger partial charge in [0.2, 0.25) is 10.0 Å². The Morgan fingerprint density at radius 3 is 2.33 bits per heavy atom. The summed E-state index contributed by atoms with van der Waals surface area (Å²) in [6, 6.07) is 20.0. The molecule has 0 radical (unpaired) electrons. The van der Waals surface area contributed by atoms with Crippen molar-refractivity contribution in [3.8, 4) is 0 Å². The quantitative estimate of drug-likeness (QED) is 0.514. The van der Waals surface area contributed by atoms with E-state index < -0.39 is 28.1 Å². The number of carbonyl (C=O) groups is 1. The lowest BCUT2D eigenvalue weighted by Crippen LogP contribution is -2.42. The Hall–Kier alpha value is -2.68. The van der Waals surface area contributed by atoms with Crippen LogP contribution in [0.2, 0.25) is 0 Å². The van der Waals surface area contributed by atoms with Crippen LogP contribution >= 0.6 is 15.9 Å². The van der Waals surface area contributed by atoms with Gasteiger partial charge in [0.25, 0.3) is 0 Å². The summed E-state index contributed by atoms with van der Waals surface area (Å²) in [6.45, 7) is 1.89. The predicted octanol–water partition coefficient (Wildman–Crippen LogP) is 3.90. The zero-order chi connectivity index (χ0) is 23.8. The minimum absolute atomic E-state index is 0.0488. The van der Waals surface area contributed by atoms with Crippen LogP contribution in [0.4, 0.5) is 0 Å². The first-order chi connectivity index (χ1) is 15.7. The number of aryl methyl sites for hydroxylation is 1. The molecule has 0 saturated heterocycles. The van der Waals surface area contributed by atoms with Gasteiger partial charge in [0.1, 0.15) is 7.85 Å². The maximum absolute atomic E-state index is 14.1. The molecular weight excluding hydrogens is 501 g/mol. The normalized spacial score (nSPS) is 19.2. The van der Waals surface area contributed by atoms with Crippen LogP contribution in [-0.2, 0) is 14.8 Å². The fourth-order valence-corrected chi connectivity index (χ4v) is 6.47. The number of aliphatic carboxylic acids is 1. The smallest absolute Gasteiger partial charge is 0.333 e. The average Bonchev–Trinajstić information content (AvgIpc) is 2.78. The fraction of sp³-hybridized carbons (Fsp3) is 0.160. The van der Waals surface area contributed by atoms with Gasteiger partial charge in [-0.05, 0) is 48.7 Å². The maximum atomic E-state index is 14.1. The summed E-state index contributed by atoms with van der Waals surface area (Å²) in [7, 11) is -2.10. The van der Waals surface area contributed by atoms with E-state index in [9.17, 15) is 18.3 Å². The number of hydrogen-bond acceptors (Lipinski definition) is 3. The van der Waals surface area contributed by atoms with Gasteiger partial charge in [0.05, 0.1) is 22.6 Å². The van der Waals surface area contributed by atoms with Gasteiger partial charge < -0.3 is 5.11 Å². The fourth-order valence-electron chi connectivity index (χ4n) is 4.28. The number of carboxylic acid groups (broad SMARTS) is 1. The Balaban J connectivity index is 1.98. The van der Waals surface area contributed by atoms with E-state index >= 15 is 0 Å². The topological polar surface area (TPSA) is 74.7 Å². The number of nitrogens with zero attached hydrogens (tertiary/aromatic N) is 1. The van der Waals surface area contributed by atoms with Crippen LogP contribution in [0.1, 0.15) is 35.2 Å². The summed E-state index contributed by atoms with van der Waals surface area (Å²) in [4.78, 5) is 12.4. The molecule has 0 amide bonds. The standard InChI is InChI=1S/C25H23BBrNO4S/c1-16-8-10-21(11-9-16)33(31,32)28-23(17-4-2-6-19(26)14-17)13-12-22(25(29)30)24(28)18-5-3-7-20(27)15-18/h2-12,14-15,23-24H,13,26H2,1H3,(H,29,30). The Morgan fingerprint density at radius 2 is 1.70 bits per heavy atom. The second-order valence-electron chi connectivity index (χ2n) is 8.24. The van der Waals surface area contributed by atoms with Gasteiger partial charge >= 0.3 is 5.97 Å².